The van der Waals surface area contributed by atoms with Crippen molar-refractivity contribution in [2.75, 3.05) is 57.8 Å². The zero-order valence-electron chi connectivity index (χ0n) is 31.8. The Morgan fingerprint density at radius 3 is 2.58 bits per heavy atom. The number of allylic oxidation sites excluding steroid dienone is 1. The number of nitrogens with one attached hydrogen (secondary N) is 1. The lowest BCUT2D eigenvalue weighted by molar-refractivity contribution is -0.0910. The largest absolute Gasteiger partial charge is 0.487 e. The van der Waals surface area contributed by atoms with Crippen molar-refractivity contribution in [2.24, 2.45) is 17.8 Å². The van der Waals surface area contributed by atoms with Crippen molar-refractivity contribution in [3.8, 4) is 5.75 Å². The Morgan fingerprint density at radius 1 is 1.00 bits per heavy atom. The molecule has 1 saturated carbocycles. The predicted octanol–water partition coefficient (Wildman–Crippen LogP) is 6.93. The molecule has 0 unspecified atom stereocenters. The molecule has 3 aliphatic heterocycles. The minimum absolute atomic E-state index is 0.215. The van der Waals surface area contributed by atoms with Crippen molar-refractivity contribution in [3.05, 3.63) is 70.3 Å². The standard InChI is InChI=1S/C41H59ClN4O5S/c1-29(2)45-21-9-19-44(22-23-45)28-41(50-5)18-8-10-30(3)31(4)52(48,49)43-40(47)33-14-17-39-38(25-33)46(26-34-13-16-37(34)41)20-7-6-11-32-24-36(42)15-12-35(32)27-51-39/h8,12,14-15,17-18,24-25,29-31,34,37H,6-7,9-11,13,16,19-23,26-28H2,1-5H3,(H,43,47)/b18-8+/t30-,31+,34-,37+,41+/m0/s1. The number of amides is 1. The Bertz CT molecular complexity index is 1700. The van der Waals surface area contributed by atoms with E-state index in [2.05, 4.69) is 45.4 Å². The van der Waals surface area contributed by atoms with Crippen LogP contribution in [0.25, 0.3) is 0 Å². The number of anilines is 1. The van der Waals surface area contributed by atoms with Crippen LogP contribution in [0, 0.1) is 17.8 Å². The number of aryl methyl sites for hydroxylation is 1. The second-order valence-corrected chi connectivity index (χ2v) is 18.4. The number of hydrogen-bond donors (Lipinski definition) is 1. The molecule has 1 saturated heterocycles. The van der Waals surface area contributed by atoms with Crippen LogP contribution < -0.4 is 14.4 Å². The number of rotatable bonds is 4. The van der Waals surface area contributed by atoms with E-state index in [1.807, 2.05) is 44.4 Å². The van der Waals surface area contributed by atoms with Crippen LogP contribution in [0.3, 0.4) is 0 Å². The molecule has 0 aromatic heterocycles. The Hall–Kier alpha value is -2.63. The molecule has 1 amide bonds. The van der Waals surface area contributed by atoms with Gasteiger partial charge in [0.05, 0.1) is 10.9 Å². The fourth-order valence-corrected chi connectivity index (χ4v) is 10.1. The molecule has 4 aliphatic rings. The van der Waals surface area contributed by atoms with Gasteiger partial charge < -0.3 is 14.4 Å². The second kappa shape index (κ2) is 16.8. The smallest absolute Gasteiger partial charge is 0.264 e. The SMILES string of the molecule is CO[C@@]1(CN2CCCN(C(C)C)CC2)/C=C/C[C@H](C)[C@@H](C)S(=O)(=O)NC(=O)c2ccc3c(c2)N(CCCCc2cc(Cl)ccc2CO3)C[C@@H]2CC[C@H]21. The minimum atomic E-state index is -3.95. The summed E-state index contributed by atoms with van der Waals surface area (Å²) < 4.78 is 42.8. The highest BCUT2D eigenvalue weighted by Crippen LogP contribution is 2.47. The fourth-order valence-electron chi connectivity index (χ4n) is 8.65. The van der Waals surface area contributed by atoms with Gasteiger partial charge in [-0.05, 0) is 138 Å². The average molecular weight is 755 g/mol. The van der Waals surface area contributed by atoms with E-state index >= 15 is 0 Å². The molecule has 286 valence electrons. The highest BCUT2D eigenvalue weighted by atomic mass is 35.5. The van der Waals surface area contributed by atoms with Crippen molar-refractivity contribution in [3.63, 3.8) is 0 Å². The van der Waals surface area contributed by atoms with Crippen LogP contribution in [0.15, 0.2) is 48.6 Å². The monoisotopic (exact) mass is 754 g/mol. The number of ether oxygens (including phenoxy) is 2. The topological polar surface area (TPSA) is 91.4 Å². The number of methoxy groups -OCH3 is 1. The third-order valence-electron chi connectivity index (χ3n) is 12.4. The molecule has 2 aromatic rings. The van der Waals surface area contributed by atoms with Gasteiger partial charge in [0.2, 0.25) is 10.0 Å². The van der Waals surface area contributed by atoms with Gasteiger partial charge >= 0.3 is 0 Å². The number of halogens is 1. The predicted molar refractivity (Wildman–Crippen MR) is 210 cm³/mol. The van der Waals surface area contributed by atoms with Gasteiger partial charge in [-0.3, -0.25) is 14.6 Å². The molecule has 1 N–H and O–H groups in total. The van der Waals surface area contributed by atoms with E-state index in [9.17, 15) is 13.2 Å². The normalized spacial score (nSPS) is 30.1. The van der Waals surface area contributed by atoms with E-state index in [0.29, 0.717) is 36.3 Å². The highest BCUT2D eigenvalue weighted by molar-refractivity contribution is 7.90. The van der Waals surface area contributed by atoms with Gasteiger partial charge in [-0.25, -0.2) is 13.1 Å². The van der Waals surface area contributed by atoms with Gasteiger partial charge in [0, 0.05) is 56.5 Å². The Balaban J connectivity index is 1.38. The third kappa shape index (κ3) is 8.84. The summed E-state index contributed by atoms with van der Waals surface area (Å²) >= 11 is 6.41. The first-order chi connectivity index (χ1) is 24.9. The Morgan fingerprint density at radius 2 is 1.83 bits per heavy atom. The molecule has 2 bridgehead atoms. The van der Waals surface area contributed by atoms with E-state index in [0.717, 1.165) is 101 Å². The molecule has 5 atom stereocenters. The lowest BCUT2D eigenvalue weighted by Gasteiger charge is -2.51. The molecular formula is C41H59ClN4O5S. The molecule has 52 heavy (non-hydrogen) atoms. The number of hydrogen-bond acceptors (Lipinski definition) is 8. The fraction of sp³-hybridized carbons (Fsp3) is 0.634. The number of carbonyl (C=O) groups excluding carboxylic acids is 1. The van der Waals surface area contributed by atoms with E-state index < -0.39 is 26.8 Å². The van der Waals surface area contributed by atoms with Crippen LogP contribution in [0.1, 0.15) is 87.7 Å². The molecule has 3 heterocycles. The first-order valence-electron chi connectivity index (χ1n) is 19.4. The van der Waals surface area contributed by atoms with E-state index in [-0.39, 0.29) is 11.8 Å². The van der Waals surface area contributed by atoms with E-state index in [1.54, 1.807) is 13.0 Å². The summed E-state index contributed by atoms with van der Waals surface area (Å²) in [4.78, 5) is 21.1. The minimum Gasteiger partial charge on any atom is -0.487 e. The molecule has 9 nitrogen and oxygen atoms in total. The van der Waals surface area contributed by atoms with Crippen molar-refractivity contribution in [1.82, 2.24) is 14.5 Å². The van der Waals surface area contributed by atoms with Crippen molar-refractivity contribution >= 4 is 33.2 Å². The first-order valence-corrected chi connectivity index (χ1v) is 21.4. The maximum Gasteiger partial charge on any atom is 0.264 e. The summed E-state index contributed by atoms with van der Waals surface area (Å²) in [5.74, 6) is 0.487. The van der Waals surface area contributed by atoms with E-state index in [4.69, 9.17) is 21.1 Å². The van der Waals surface area contributed by atoms with Crippen LogP contribution in [0.4, 0.5) is 5.69 Å². The zero-order valence-corrected chi connectivity index (χ0v) is 33.4. The summed E-state index contributed by atoms with van der Waals surface area (Å²) in [7, 11) is -2.09. The quantitative estimate of drug-likeness (QED) is 0.336. The number of fused-ring (bicyclic) bond motifs is 3. The van der Waals surface area contributed by atoms with E-state index in [1.165, 1.54) is 5.56 Å². The zero-order chi connectivity index (χ0) is 37.0. The molecule has 1 aliphatic carbocycles. The van der Waals surface area contributed by atoms with Crippen LogP contribution in [-0.2, 0) is 27.8 Å². The van der Waals surface area contributed by atoms with Gasteiger partial charge in [0.15, 0.2) is 0 Å². The van der Waals surface area contributed by atoms with Gasteiger partial charge in [-0.2, -0.15) is 0 Å². The van der Waals surface area contributed by atoms with Crippen LogP contribution in [-0.4, -0.2) is 93.9 Å². The van der Waals surface area contributed by atoms with Crippen molar-refractivity contribution < 1.29 is 22.7 Å². The maximum atomic E-state index is 13.6. The molecule has 2 aromatic carbocycles. The molecule has 0 spiro atoms. The van der Waals surface area contributed by atoms with Crippen LogP contribution in [0.2, 0.25) is 5.02 Å². The van der Waals surface area contributed by atoms with Gasteiger partial charge in [-0.1, -0.05) is 36.7 Å². The van der Waals surface area contributed by atoms with Crippen LogP contribution >= 0.6 is 11.6 Å². The summed E-state index contributed by atoms with van der Waals surface area (Å²) in [5, 5.41) is -0.0539. The summed E-state index contributed by atoms with van der Waals surface area (Å²) in [6, 6.07) is 11.8. The number of benzene rings is 2. The Labute approximate surface area is 317 Å². The average Bonchev–Trinajstić information content (AvgIpc) is 3.36. The molecular weight excluding hydrogens is 696 g/mol. The van der Waals surface area contributed by atoms with Gasteiger partial charge in [0.25, 0.3) is 5.91 Å². The van der Waals surface area contributed by atoms with Gasteiger partial charge in [0.1, 0.15) is 18.0 Å². The maximum absolute atomic E-state index is 13.6. The lowest BCUT2D eigenvalue weighted by atomic mass is 9.63. The highest BCUT2D eigenvalue weighted by Gasteiger charge is 2.48. The third-order valence-corrected chi connectivity index (χ3v) is 14.5. The summed E-state index contributed by atoms with van der Waals surface area (Å²) in [6.07, 6.45) is 11.1. The molecule has 11 heteroatoms. The number of carbonyl (C=O) groups is 1. The summed E-state index contributed by atoms with van der Waals surface area (Å²) in [6.45, 7) is 15.1. The number of nitrogens with zero attached hydrogens (tertiary/aromatic N) is 3. The van der Waals surface area contributed by atoms with Crippen molar-refractivity contribution in [2.45, 2.75) is 96.1 Å². The molecule has 6 rings (SSSR count). The first kappa shape index (κ1) is 39.1. The van der Waals surface area contributed by atoms with Crippen LogP contribution in [0.5, 0.6) is 5.75 Å². The van der Waals surface area contributed by atoms with Crippen molar-refractivity contribution in [1.29, 1.82) is 0 Å². The Kier molecular flexibility index (Phi) is 12.6. The summed E-state index contributed by atoms with van der Waals surface area (Å²) in [5.41, 5.74) is 2.90. The molecule has 2 fully saturated rings. The van der Waals surface area contributed by atoms with Gasteiger partial charge in [-0.15, -0.1) is 0 Å². The second-order valence-electron chi connectivity index (χ2n) is 15.9. The molecule has 0 radical (unpaired) electrons. The lowest BCUT2D eigenvalue weighted by Crippen LogP contribution is -2.56. The number of sulfonamides is 1.